The summed E-state index contributed by atoms with van der Waals surface area (Å²) < 4.78 is 25.4. The number of rotatable bonds is 4. The minimum atomic E-state index is -1.11. The van der Waals surface area contributed by atoms with Crippen molar-refractivity contribution < 1.29 is 28.2 Å². The van der Waals surface area contributed by atoms with Crippen molar-refractivity contribution in [1.82, 2.24) is 5.32 Å². The van der Waals surface area contributed by atoms with Crippen molar-refractivity contribution in [3.05, 3.63) is 39.5 Å². The first-order valence-corrected chi connectivity index (χ1v) is 11.3. The van der Waals surface area contributed by atoms with E-state index < -0.39 is 24.4 Å². The van der Waals surface area contributed by atoms with Gasteiger partial charge in [0.2, 0.25) is 5.91 Å². The molecule has 3 aliphatic heterocycles. The van der Waals surface area contributed by atoms with Gasteiger partial charge in [-0.2, -0.15) is 0 Å². The quantitative estimate of drug-likeness (QED) is 0.726. The SMILES string of the molecule is O=C(NC[C@@H]1OC(=O)N2c3ccc(N4CC[C@@H](F)CC4=O)cc3OC[C@@H]12)c1ccc(Cl)s1. The Bertz CT molecular complexity index is 1100. The third-order valence-corrected chi connectivity index (χ3v) is 6.99. The van der Waals surface area contributed by atoms with Crippen molar-refractivity contribution in [1.29, 1.82) is 0 Å². The number of amides is 3. The number of nitrogens with one attached hydrogen (secondary N) is 1. The second-order valence-electron chi connectivity index (χ2n) is 7.77. The highest BCUT2D eigenvalue weighted by Crippen LogP contribution is 2.41. The number of benzene rings is 1. The van der Waals surface area contributed by atoms with Gasteiger partial charge in [-0.3, -0.25) is 14.5 Å². The number of carbonyl (C=O) groups is 3. The number of hydrogen-bond acceptors (Lipinski definition) is 6. The first-order chi connectivity index (χ1) is 15.4. The second-order valence-corrected chi connectivity index (χ2v) is 9.49. The van der Waals surface area contributed by atoms with Gasteiger partial charge in [0.1, 0.15) is 30.7 Å². The fourth-order valence-corrected chi connectivity index (χ4v) is 5.11. The van der Waals surface area contributed by atoms with Crippen molar-refractivity contribution in [2.45, 2.75) is 31.2 Å². The lowest BCUT2D eigenvalue weighted by atomic mass is 10.1. The molecule has 0 saturated carbocycles. The molecule has 2 fully saturated rings. The molecule has 3 atom stereocenters. The molecule has 1 aromatic carbocycles. The zero-order valence-electron chi connectivity index (χ0n) is 16.8. The first kappa shape index (κ1) is 21.0. The second kappa shape index (κ2) is 8.25. The van der Waals surface area contributed by atoms with Crippen LogP contribution in [0.5, 0.6) is 5.75 Å². The predicted octanol–water partition coefficient (Wildman–Crippen LogP) is 3.38. The maximum atomic E-state index is 13.5. The number of hydrogen-bond donors (Lipinski definition) is 1. The van der Waals surface area contributed by atoms with E-state index >= 15 is 0 Å². The maximum absolute atomic E-state index is 13.5. The lowest BCUT2D eigenvalue weighted by molar-refractivity contribution is -0.120. The Kier molecular flexibility index (Phi) is 5.42. The molecule has 2 saturated heterocycles. The molecule has 4 heterocycles. The summed E-state index contributed by atoms with van der Waals surface area (Å²) in [6, 6.07) is 7.97. The van der Waals surface area contributed by atoms with Gasteiger partial charge < -0.3 is 19.7 Å². The zero-order valence-corrected chi connectivity index (χ0v) is 18.3. The van der Waals surface area contributed by atoms with Gasteiger partial charge in [-0.1, -0.05) is 11.6 Å². The summed E-state index contributed by atoms with van der Waals surface area (Å²) in [5.74, 6) is -0.121. The van der Waals surface area contributed by atoms with Gasteiger partial charge in [0.05, 0.1) is 27.9 Å². The maximum Gasteiger partial charge on any atom is 0.415 e. The number of anilines is 2. The molecule has 0 aliphatic carbocycles. The van der Waals surface area contributed by atoms with E-state index in [-0.39, 0.29) is 37.8 Å². The van der Waals surface area contributed by atoms with Crippen LogP contribution in [0.3, 0.4) is 0 Å². The van der Waals surface area contributed by atoms with E-state index in [1.54, 1.807) is 30.3 Å². The number of cyclic esters (lactones) is 1. The van der Waals surface area contributed by atoms with E-state index in [1.165, 1.54) is 21.1 Å². The molecule has 32 heavy (non-hydrogen) atoms. The van der Waals surface area contributed by atoms with Gasteiger partial charge in [0.15, 0.2) is 0 Å². The molecule has 0 spiro atoms. The van der Waals surface area contributed by atoms with Crippen LogP contribution in [0.15, 0.2) is 30.3 Å². The van der Waals surface area contributed by atoms with Crippen LogP contribution in [0.25, 0.3) is 0 Å². The van der Waals surface area contributed by atoms with Crippen LogP contribution < -0.4 is 19.9 Å². The summed E-state index contributed by atoms with van der Waals surface area (Å²) in [7, 11) is 0. The zero-order chi connectivity index (χ0) is 22.4. The number of nitrogens with zero attached hydrogens (tertiary/aromatic N) is 2. The van der Waals surface area contributed by atoms with Gasteiger partial charge in [-0.25, -0.2) is 9.18 Å². The molecule has 3 amide bonds. The third-order valence-electron chi connectivity index (χ3n) is 5.76. The van der Waals surface area contributed by atoms with Crippen LogP contribution in [0.1, 0.15) is 22.5 Å². The highest BCUT2D eigenvalue weighted by Gasteiger charge is 2.46. The normalized spacial score (nSPS) is 24.5. The molecule has 2 aromatic rings. The Morgan fingerprint density at radius 1 is 1.28 bits per heavy atom. The highest BCUT2D eigenvalue weighted by molar-refractivity contribution is 7.18. The number of piperidine rings is 1. The smallest absolute Gasteiger partial charge is 0.415 e. The standard InChI is InChI=1S/C21H19ClFN3O5S/c22-18-4-3-17(32-18)20(28)24-9-16-14-10-30-15-8-12(25-6-5-11(23)7-19(25)27)1-2-13(15)26(14)21(29)31-16/h1-4,8,11,14,16H,5-7,9-10H2,(H,24,28)/t11-,14+,16+/m1/s1. The van der Waals surface area contributed by atoms with E-state index in [0.29, 0.717) is 32.9 Å². The fraction of sp³-hybridized carbons (Fsp3) is 0.381. The number of fused-ring (bicyclic) bond motifs is 3. The van der Waals surface area contributed by atoms with Crippen LogP contribution in [0, 0.1) is 0 Å². The van der Waals surface area contributed by atoms with Crippen molar-refractivity contribution >= 4 is 52.2 Å². The molecule has 1 aromatic heterocycles. The first-order valence-electron chi connectivity index (χ1n) is 10.2. The number of thiophene rings is 1. The summed E-state index contributed by atoms with van der Waals surface area (Å²) in [6.07, 6.45) is -2.07. The van der Waals surface area contributed by atoms with Gasteiger partial charge in [-0.15, -0.1) is 11.3 Å². The van der Waals surface area contributed by atoms with E-state index in [9.17, 15) is 18.8 Å². The van der Waals surface area contributed by atoms with Crippen LogP contribution in [-0.4, -0.2) is 55.9 Å². The fourth-order valence-electron chi connectivity index (χ4n) is 4.15. The largest absolute Gasteiger partial charge is 0.489 e. The topological polar surface area (TPSA) is 88.2 Å². The van der Waals surface area contributed by atoms with Crippen LogP contribution in [-0.2, 0) is 9.53 Å². The van der Waals surface area contributed by atoms with Crippen LogP contribution >= 0.6 is 22.9 Å². The Hall–Kier alpha value is -2.85. The van der Waals surface area contributed by atoms with Crippen molar-refractivity contribution in [3.63, 3.8) is 0 Å². The Labute approximate surface area is 191 Å². The number of halogens is 2. The Morgan fingerprint density at radius 2 is 2.12 bits per heavy atom. The molecule has 0 radical (unpaired) electrons. The lowest BCUT2D eigenvalue weighted by Crippen LogP contribution is -2.48. The molecule has 168 valence electrons. The molecular weight excluding hydrogens is 461 g/mol. The van der Waals surface area contributed by atoms with Gasteiger partial charge in [-0.05, 0) is 30.7 Å². The van der Waals surface area contributed by atoms with Gasteiger partial charge >= 0.3 is 6.09 Å². The summed E-state index contributed by atoms with van der Waals surface area (Å²) >= 11 is 7.04. The average molecular weight is 480 g/mol. The molecule has 1 N–H and O–H groups in total. The van der Waals surface area contributed by atoms with E-state index in [0.717, 1.165) is 0 Å². The van der Waals surface area contributed by atoms with Gasteiger partial charge in [0.25, 0.3) is 5.91 Å². The predicted molar refractivity (Wildman–Crippen MR) is 117 cm³/mol. The molecule has 0 unspecified atom stereocenters. The number of carbonyl (C=O) groups excluding carboxylic acids is 3. The monoisotopic (exact) mass is 479 g/mol. The van der Waals surface area contributed by atoms with Crippen LogP contribution in [0.2, 0.25) is 4.34 Å². The summed E-state index contributed by atoms with van der Waals surface area (Å²) in [5.41, 5.74) is 1.13. The molecule has 3 aliphatic rings. The molecule has 11 heteroatoms. The van der Waals surface area contributed by atoms with Crippen LogP contribution in [0.4, 0.5) is 20.6 Å². The summed E-state index contributed by atoms with van der Waals surface area (Å²) in [4.78, 5) is 40.6. The molecule has 8 nitrogen and oxygen atoms in total. The van der Waals surface area contributed by atoms with Crippen molar-refractivity contribution in [2.75, 3.05) is 29.5 Å². The number of alkyl halides is 1. The summed E-state index contributed by atoms with van der Waals surface area (Å²) in [6.45, 7) is 0.600. The Morgan fingerprint density at radius 3 is 2.88 bits per heavy atom. The number of ether oxygens (including phenoxy) is 2. The molecule has 0 bridgehead atoms. The minimum absolute atomic E-state index is 0.130. The van der Waals surface area contributed by atoms with E-state index in [4.69, 9.17) is 21.1 Å². The highest BCUT2D eigenvalue weighted by atomic mass is 35.5. The van der Waals surface area contributed by atoms with E-state index in [2.05, 4.69) is 5.32 Å². The summed E-state index contributed by atoms with van der Waals surface area (Å²) in [5, 5.41) is 2.77. The average Bonchev–Trinajstić information content (AvgIpc) is 3.35. The third kappa shape index (κ3) is 3.77. The van der Waals surface area contributed by atoms with E-state index in [1.807, 2.05) is 0 Å². The molecular formula is C21H19ClFN3O5S. The minimum Gasteiger partial charge on any atom is -0.489 e. The van der Waals surface area contributed by atoms with Crippen molar-refractivity contribution in [2.24, 2.45) is 0 Å². The lowest BCUT2D eigenvalue weighted by Gasteiger charge is -2.33. The molecule has 5 rings (SSSR count). The Balaban J connectivity index is 1.29. The van der Waals surface area contributed by atoms with Gasteiger partial charge in [0, 0.05) is 18.3 Å². The van der Waals surface area contributed by atoms with Crippen molar-refractivity contribution in [3.8, 4) is 5.75 Å².